The minimum absolute atomic E-state index is 0.00476. The topological polar surface area (TPSA) is 58.6 Å². The fourth-order valence-corrected chi connectivity index (χ4v) is 1.77. The van der Waals surface area contributed by atoms with E-state index in [4.69, 9.17) is 5.84 Å². The summed E-state index contributed by atoms with van der Waals surface area (Å²) >= 11 is 0. The van der Waals surface area contributed by atoms with Gasteiger partial charge in [0.25, 0.3) is 0 Å². The van der Waals surface area contributed by atoms with Crippen molar-refractivity contribution in [2.24, 2.45) is 10.9 Å². The van der Waals surface area contributed by atoms with Gasteiger partial charge in [-0.1, -0.05) is 18.2 Å². The van der Waals surface area contributed by atoms with Crippen molar-refractivity contribution in [1.82, 2.24) is 0 Å². The molecule has 0 aliphatic heterocycles. The second-order valence-electron chi connectivity index (χ2n) is 4.13. The number of benzene rings is 2. The van der Waals surface area contributed by atoms with E-state index in [9.17, 15) is 18.3 Å². The van der Waals surface area contributed by atoms with Crippen LogP contribution in [0.5, 0.6) is 5.75 Å². The lowest BCUT2D eigenvalue weighted by Crippen LogP contribution is -2.04. The SMILES string of the molecule is NN=Cc1cc(-c2ccc(C(F)(F)F)cc2)ccc1O. The Hall–Kier alpha value is -2.50. The van der Waals surface area contributed by atoms with E-state index < -0.39 is 11.7 Å². The first kappa shape index (κ1) is 13.9. The number of nitrogens with zero attached hydrogens (tertiary/aromatic N) is 1. The van der Waals surface area contributed by atoms with Gasteiger partial charge in [0.2, 0.25) is 0 Å². The van der Waals surface area contributed by atoms with Crippen LogP contribution in [0.15, 0.2) is 47.6 Å². The predicted molar refractivity (Wildman–Crippen MR) is 70.3 cm³/mol. The molecule has 2 rings (SSSR count). The summed E-state index contributed by atoms with van der Waals surface area (Å²) in [6.07, 6.45) is -3.09. The second kappa shape index (κ2) is 5.24. The molecular weight excluding hydrogens is 269 g/mol. The highest BCUT2D eigenvalue weighted by atomic mass is 19.4. The second-order valence-corrected chi connectivity index (χ2v) is 4.13. The van der Waals surface area contributed by atoms with Crippen LogP contribution in [0.2, 0.25) is 0 Å². The minimum Gasteiger partial charge on any atom is -0.507 e. The van der Waals surface area contributed by atoms with E-state index in [0.29, 0.717) is 16.7 Å². The average molecular weight is 280 g/mol. The number of rotatable bonds is 2. The molecule has 104 valence electrons. The maximum atomic E-state index is 12.5. The van der Waals surface area contributed by atoms with E-state index in [0.717, 1.165) is 12.1 Å². The van der Waals surface area contributed by atoms with Crippen LogP contribution in [0, 0.1) is 0 Å². The number of phenolic OH excluding ortho intramolecular Hbond substituents is 1. The van der Waals surface area contributed by atoms with Crippen molar-refractivity contribution in [3.05, 3.63) is 53.6 Å². The summed E-state index contributed by atoms with van der Waals surface area (Å²) in [4.78, 5) is 0. The Morgan fingerprint density at radius 3 is 2.15 bits per heavy atom. The van der Waals surface area contributed by atoms with Crippen LogP contribution in [0.25, 0.3) is 11.1 Å². The van der Waals surface area contributed by atoms with E-state index >= 15 is 0 Å². The van der Waals surface area contributed by atoms with Gasteiger partial charge in [-0.15, -0.1) is 0 Å². The number of aromatic hydroxyl groups is 1. The molecule has 3 N–H and O–H groups in total. The van der Waals surface area contributed by atoms with Crippen molar-refractivity contribution >= 4 is 6.21 Å². The minimum atomic E-state index is -4.36. The molecule has 0 aliphatic carbocycles. The van der Waals surface area contributed by atoms with Crippen LogP contribution in [0.3, 0.4) is 0 Å². The third-order valence-corrected chi connectivity index (χ3v) is 2.79. The van der Waals surface area contributed by atoms with Gasteiger partial charge in [-0.05, 0) is 35.4 Å². The molecule has 0 unspecified atom stereocenters. The summed E-state index contributed by atoms with van der Waals surface area (Å²) in [5.74, 6) is 5.01. The number of hydrazone groups is 1. The van der Waals surface area contributed by atoms with Crippen molar-refractivity contribution in [3.8, 4) is 16.9 Å². The third-order valence-electron chi connectivity index (χ3n) is 2.79. The number of alkyl halides is 3. The molecule has 0 radical (unpaired) electrons. The zero-order valence-corrected chi connectivity index (χ0v) is 10.2. The van der Waals surface area contributed by atoms with Gasteiger partial charge < -0.3 is 10.9 Å². The molecular formula is C14H11F3N2O. The fraction of sp³-hybridized carbons (Fsp3) is 0.0714. The molecule has 2 aromatic carbocycles. The standard InChI is InChI=1S/C14H11F3N2O/c15-14(16,17)12-4-1-9(2-5-12)10-3-6-13(20)11(7-10)8-19-18/h1-8,20H,18H2. The average Bonchev–Trinajstić information content (AvgIpc) is 2.41. The molecule has 6 heteroatoms. The summed E-state index contributed by atoms with van der Waals surface area (Å²) in [6.45, 7) is 0. The highest BCUT2D eigenvalue weighted by molar-refractivity contribution is 5.86. The van der Waals surface area contributed by atoms with Gasteiger partial charge in [-0.3, -0.25) is 0 Å². The van der Waals surface area contributed by atoms with Crippen molar-refractivity contribution in [3.63, 3.8) is 0 Å². The fourth-order valence-electron chi connectivity index (χ4n) is 1.77. The van der Waals surface area contributed by atoms with Crippen LogP contribution < -0.4 is 5.84 Å². The van der Waals surface area contributed by atoms with Crippen LogP contribution in [-0.4, -0.2) is 11.3 Å². The van der Waals surface area contributed by atoms with Crippen molar-refractivity contribution in [2.45, 2.75) is 6.18 Å². The number of halogens is 3. The molecule has 2 aromatic rings. The summed E-state index contributed by atoms with van der Waals surface area (Å²) in [5, 5.41) is 12.9. The lowest BCUT2D eigenvalue weighted by molar-refractivity contribution is -0.137. The van der Waals surface area contributed by atoms with E-state index in [1.54, 1.807) is 12.1 Å². The lowest BCUT2D eigenvalue weighted by Gasteiger charge is -2.08. The van der Waals surface area contributed by atoms with E-state index in [1.165, 1.54) is 24.4 Å². The first-order valence-electron chi connectivity index (χ1n) is 5.66. The Kier molecular flexibility index (Phi) is 3.65. The predicted octanol–water partition coefficient (Wildman–Crippen LogP) is 3.37. The van der Waals surface area contributed by atoms with E-state index in [2.05, 4.69) is 5.10 Å². The van der Waals surface area contributed by atoms with Gasteiger partial charge in [0.05, 0.1) is 11.8 Å². The smallest absolute Gasteiger partial charge is 0.416 e. The van der Waals surface area contributed by atoms with Gasteiger partial charge in [0.1, 0.15) is 5.75 Å². The first-order valence-corrected chi connectivity index (χ1v) is 5.66. The summed E-state index contributed by atoms with van der Waals surface area (Å²) in [6, 6.07) is 9.40. The van der Waals surface area contributed by atoms with E-state index in [1.807, 2.05) is 0 Å². The molecule has 0 fully saturated rings. The summed E-state index contributed by atoms with van der Waals surface area (Å²) < 4.78 is 37.4. The molecule has 0 saturated heterocycles. The largest absolute Gasteiger partial charge is 0.507 e. The summed E-state index contributed by atoms with van der Waals surface area (Å²) in [5.41, 5.74) is 0.949. The molecule has 0 bridgehead atoms. The van der Waals surface area contributed by atoms with Gasteiger partial charge in [0.15, 0.2) is 0 Å². The Morgan fingerprint density at radius 1 is 1.00 bits per heavy atom. The molecule has 0 aliphatic rings. The van der Waals surface area contributed by atoms with Crippen LogP contribution in [-0.2, 0) is 6.18 Å². The maximum Gasteiger partial charge on any atom is 0.416 e. The normalized spacial score (nSPS) is 11.9. The Balaban J connectivity index is 2.39. The molecule has 0 heterocycles. The molecule has 0 aromatic heterocycles. The van der Waals surface area contributed by atoms with Gasteiger partial charge in [-0.25, -0.2) is 0 Å². The number of phenols is 1. The van der Waals surface area contributed by atoms with Crippen LogP contribution in [0.4, 0.5) is 13.2 Å². The quantitative estimate of drug-likeness (QED) is 0.503. The van der Waals surface area contributed by atoms with Crippen LogP contribution in [0.1, 0.15) is 11.1 Å². The Labute approximate surface area is 113 Å². The zero-order valence-electron chi connectivity index (χ0n) is 10.2. The number of hydrogen-bond acceptors (Lipinski definition) is 3. The first-order chi connectivity index (χ1) is 9.41. The summed E-state index contributed by atoms with van der Waals surface area (Å²) in [7, 11) is 0. The highest BCUT2D eigenvalue weighted by Gasteiger charge is 2.29. The molecule has 0 atom stereocenters. The van der Waals surface area contributed by atoms with Crippen LogP contribution >= 0.6 is 0 Å². The molecule has 0 spiro atoms. The maximum absolute atomic E-state index is 12.5. The Morgan fingerprint density at radius 2 is 1.60 bits per heavy atom. The monoisotopic (exact) mass is 280 g/mol. The molecule has 0 saturated carbocycles. The lowest BCUT2D eigenvalue weighted by atomic mass is 10.0. The Bertz CT molecular complexity index is 634. The molecule has 20 heavy (non-hydrogen) atoms. The zero-order chi connectivity index (χ0) is 14.8. The molecule has 0 amide bonds. The van der Waals surface area contributed by atoms with Crippen molar-refractivity contribution < 1.29 is 18.3 Å². The van der Waals surface area contributed by atoms with Gasteiger partial charge >= 0.3 is 6.18 Å². The van der Waals surface area contributed by atoms with Crippen molar-refractivity contribution in [1.29, 1.82) is 0 Å². The highest BCUT2D eigenvalue weighted by Crippen LogP contribution is 2.31. The molecule has 3 nitrogen and oxygen atoms in total. The number of nitrogens with two attached hydrogens (primary N) is 1. The third kappa shape index (κ3) is 2.90. The van der Waals surface area contributed by atoms with E-state index in [-0.39, 0.29) is 5.75 Å². The number of hydrogen-bond donors (Lipinski definition) is 2. The van der Waals surface area contributed by atoms with Crippen molar-refractivity contribution in [2.75, 3.05) is 0 Å². The van der Waals surface area contributed by atoms with Gasteiger partial charge in [0, 0.05) is 5.56 Å². The van der Waals surface area contributed by atoms with Gasteiger partial charge in [-0.2, -0.15) is 18.3 Å².